The SMILES string of the molecule is CCCCCCOC(=O)c1nn(C(C)=O)c2ccccc12. The van der Waals surface area contributed by atoms with Crippen LogP contribution in [-0.2, 0) is 4.74 Å². The summed E-state index contributed by atoms with van der Waals surface area (Å²) >= 11 is 0. The normalized spacial score (nSPS) is 10.8. The molecule has 0 saturated heterocycles. The molecule has 5 nitrogen and oxygen atoms in total. The Bertz CT molecular complexity index is 646. The summed E-state index contributed by atoms with van der Waals surface area (Å²) in [6.45, 7) is 3.94. The van der Waals surface area contributed by atoms with Crippen molar-refractivity contribution in [3.63, 3.8) is 0 Å². The van der Waals surface area contributed by atoms with Gasteiger partial charge in [-0.15, -0.1) is 0 Å². The summed E-state index contributed by atoms with van der Waals surface area (Å²) in [4.78, 5) is 23.7. The maximum absolute atomic E-state index is 12.1. The van der Waals surface area contributed by atoms with E-state index in [0.29, 0.717) is 17.5 Å². The summed E-state index contributed by atoms with van der Waals surface area (Å²) in [5.41, 5.74) is 0.833. The minimum absolute atomic E-state index is 0.205. The molecule has 0 aliphatic rings. The number of rotatable bonds is 6. The molecule has 0 radical (unpaired) electrons. The van der Waals surface area contributed by atoms with Crippen molar-refractivity contribution in [2.75, 3.05) is 6.61 Å². The van der Waals surface area contributed by atoms with Crippen LogP contribution in [0.3, 0.4) is 0 Å². The van der Waals surface area contributed by atoms with Gasteiger partial charge in [0.25, 0.3) is 0 Å². The van der Waals surface area contributed by atoms with Gasteiger partial charge in [0, 0.05) is 12.3 Å². The molecule has 0 unspecified atom stereocenters. The first-order valence-electron chi connectivity index (χ1n) is 7.31. The van der Waals surface area contributed by atoms with Crippen LogP contribution in [-0.4, -0.2) is 28.3 Å². The van der Waals surface area contributed by atoms with Crippen LogP contribution in [0, 0.1) is 0 Å². The van der Waals surface area contributed by atoms with Gasteiger partial charge in [-0.1, -0.05) is 44.4 Å². The molecule has 5 heteroatoms. The quantitative estimate of drug-likeness (QED) is 0.603. The fourth-order valence-corrected chi connectivity index (χ4v) is 2.22. The number of hydrogen-bond acceptors (Lipinski definition) is 4. The van der Waals surface area contributed by atoms with E-state index in [-0.39, 0.29) is 11.6 Å². The Morgan fingerprint density at radius 1 is 1.19 bits per heavy atom. The first-order valence-corrected chi connectivity index (χ1v) is 7.31. The number of esters is 1. The molecule has 0 saturated carbocycles. The van der Waals surface area contributed by atoms with Crippen molar-refractivity contribution >= 4 is 22.8 Å². The van der Waals surface area contributed by atoms with E-state index in [4.69, 9.17) is 4.74 Å². The highest BCUT2D eigenvalue weighted by atomic mass is 16.5. The third-order valence-corrected chi connectivity index (χ3v) is 3.31. The van der Waals surface area contributed by atoms with Crippen LogP contribution in [0.15, 0.2) is 24.3 Å². The van der Waals surface area contributed by atoms with Gasteiger partial charge in [0.15, 0.2) is 5.69 Å². The molecule has 1 aromatic carbocycles. The summed E-state index contributed by atoms with van der Waals surface area (Å²) < 4.78 is 6.49. The summed E-state index contributed by atoms with van der Waals surface area (Å²) in [6.07, 6.45) is 4.18. The second kappa shape index (κ2) is 7.02. The standard InChI is InChI=1S/C16H20N2O3/c1-3-4-5-8-11-21-16(20)15-13-9-6-7-10-14(13)18(17-15)12(2)19/h6-7,9-10H,3-5,8,11H2,1-2H3. The van der Waals surface area contributed by atoms with E-state index in [1.165, 1.54) is 11.6 Å². The van der Waals surface area contributed by atoms with Gasteiger partial charge in [-0.2, -0.15) is 9.78 Å². The van der Waals surface area contributed by atoms with Crippen molar-refractivity contribution in [3.05, 3.63) is 30.0 Å². The number of ether oxygens (including phenoxy) is 1. The van der Waals surface area contributed by atoms with E-state index >= 15 is 0 Å². The zero-order valence-corrected chi connectivity index (χ0v) is 12.5. The molecule has 2 aromatic rings. The highest BCUT2D eigenvalue weighted by Crippen LogP contribution is 2.19. The molecule has 1 aromatic heterocycles. The van der Waals surface area contributed by atoms with Crippen LogP contribution in [0.1, 0.15) is 54.8 Å². The van der Waals surface area contributed by atoms with Crippen molar-refractivity contribution in [3.8, 4) is 0 Å². The number of carbonyl (C=O) groups is 2. The Morgan fingerprint density at radius 2 is 1.95 bits per heavy atom. The number of para-hydroxylation sites is 1. The first kappa shape index (κ1) is 15.2. The molecule has 0 spiro atoms. The van der Waals surface area contributed by atoms with E-state index in [1.807, 2.05) is 12.1 Å². The van der Waals surface area contributed by atoms with Gasteiger partial charge in [-0.05, 0) is 12.5 Å². The first-order chi connectivity index (χ1) is 10.1. The summed E-state index contributed by atoms with van der Waals surface area (Å²) in [7, 11) is 0. The third kappa shape index (κ3) is 3.48. The van der Waals surface area contributed by atoms with Crippen LogP contribution in [0.2, 0.25) is 0 Å². The highest BCUT2D eigenvalue weighted by Gasteiger charge is 2.19. The van der Waals surface area contributed by atoms with Gasteiger partial charge in [0.1, 0.15) is 0 Å². The molecular formula is C16H20N2O3. The summed E-state index contributed by atoms with van der Waals surface area (Å²) in [5.74, 6) is -0.698. The largest absolute Gasteiger partial charge is 0.461 e. The summed E-state index contributed by atoms with van der Waals surface area (Å²) in [5, 5.41) is 4.74. The molecule has 0 bridgehead atoms. The lowest BCUT2D eigenvalue weighted by Crippen LogP contribution is -2.11. The highest BCUT2D eigenvalue weighted by molar-refractivity contribution is 6.04. The van der Waals surface area contributed by atoms with Gasteiger partial charge >= 0.3 is 5.97 Å². The van der Waals surface area contributed by atoms with Gasteiger partial charge in [-0.25, -0.2) is 4.79 Å². The van der Waals surface area contributed by atoms with Gasteiger partial charge in [0.05, 0.1) is 12.1 Å². The van der Waals surface area contributed by atoms with Crippen molar-refractivity contribution in [2.45, 2.75) is 39.5 Å². The van der Waals surface area contributed by atoms with E-state index < -0.39 is 5.97 Å². The molecule has 0 fully saturated rings. The molecule has 1 heterocycles. The Labute approximate surface area is 123 Å². The Hall–Kier alpha value is -2.17. The average molecular weight is 288 g/mol. The van der Waals surface area contributed by atoms with Crippen LogP contribution >= 0.6 is 0 Å². The number of nitrogens with zero attached hydrogens (tertiary/aromatic N) is 2. The van der Waals surface area contributed by atoms with Gasteiger partial charge in [0.2, 0.25) is 5.91 Å². The second-order valence-corrected chi connectivity index (χ2v) is 4.99. The fourth-order valence-electron chi connectivity index (χ4n) is 2.22. The second-order valence-electron chi connectivity index (χ2n) is 4.99. The van der Waals surface area contributed by atoms with E-state index in [9.17, 15) is 9.59 Å². The van der Waals surface area contributed by atoms with Crippen LogP contribution in [0.5, 0.6) is 0 Å². The van der Waals surface area contributed by atoms with E-state index in [1.54, 1.807) is 12.1 Å². The van der Waals surface area contributed by atoms with Gasteiger partial charge in [-0.3, -0.25) is 4.79 Å². The minimum Gasteiger partial charge on any atom is -0.461 e. The monoisotopic (exact) mass is 288 g/mol. The molecular weight excluding hydrogens is 268 g/mol. The molecule has 2 rings (SSSR count). The van der Waals surface area contributed by atoms with Crippen LogP contribution < -0.4 is 0 Å². The topological polar surface area (TPSA) is 61.2 Å². The Kier molecular flexibility index (Phi) is 5.09. The number of hydrogen-bond donors (Lipinski definition) is 0. The number of benzene rings is 1. The predicted molar refractivity (Wildman–Crippen MR) is 80.5 cm³/mol. The van der Waals surface area contributed by atoms with Crippen molar-refractivity contribution in [1.29, 1.82) is 0 Å². The lowest BCUT2D eigenvalue weighted by molar-refractivity contribution is 0.0492. The summed E-state index contributed by atoms with van der Waals surface area (Å²) in [6, 6.07) is 7.16. The predicted octanol–water partition coefficient (Wildman–Crippen LogP) is 3.43. The van der Waals surface area contributed by atoms with E-state index in [2.05, 4.69) is 12.0 Å². The molecule has 0 atom stereocenters. The minimum atomic E-state index is -0.470. The number of fused-ring (bicyclic) bond motifs is 1. The number of unbranched alkanes of at least 4 members (excludes halogenated alkanes) is 3. The lowest BCUT2D eigenvalue weighted by atomic mass is 10.2. The molecule has 21 heavy (non-hydrogen) atoms. The molecule has 0 amide bonds. The maximum atomic E-state index is 12.1. The Morgan fingerprint density at radius 3 is 2.67 bits per heavy atom. The van der Waals surface area contributed by atoms with Crippen molar-refractivity contribution in [2.24, 2.45) is 0 Å². The van der Waals surface area contributed by atoms with Gasteiger partial charge < -0.3 is 4.74 Å². The van der Waals surface area contributed by atoms with Crippen LogP contribution in [0.4, 0.5) is 0 Å². The number of carbonyl (C=O) groups excluding carboxylic acids is 2. The zero-order chi connectivity index (χ0) is 15.2. The molecule has 0 aliphatic carbocycles. The molecule has 0 aliphatic heterocycles. The zero-order valence-electron chi connectivity index (χ0n) is 12.5. The smallest absolute Gasteiger partial charge is 0.359 e. The third-order valence-electron chi connectivity index (χ3n) is 3.31. The van der Waals surface area contributed by atoms with E-state index in [0.717, 1.165) is 25.7 Å². The fraction of sp³-hybridized carbons (Fsp3) is 0.438. The van der Waals surface area contributed by atoms with Crippen molar-refractivity contribution in [1.82, 2.24) is 9.78 Å². The van der Waals surface area contributed by atoms with Crippen LogP contribution in [0.25, 0.3) is 10.9 Å². The molecule has 0 N–H and O–H groups in total. The van der Waals surface area contributed by atoms with Crippen molar-refractivity contribution < 1.29 is 14.3 Å². The molecule has 112 valence electrons. The Balaban J connectivity index is 2.14. The number of aromatic nitrogens is 2. The average Bonchev–Trinajstić information content (AvgIpc) is 2.87. The maximum Gasteiger partial charge on any atom is 0.359 e. The lowest BCUT2D eigenvalue weighted by Gasteiger charge is -2.02.